The topological polar surface area (TPSA) is 99.7 Å². The highest BCUT2D eigenvalue weighted by Gasteiger charge is 2.31. The van der Waals surface area contributed by atoms with Gasteiger partial charge in [-0.25, -0.2) is 0 Å². The van der Waals surface area contributed by atoms with Crippen molar-refractivity contribution in [3.63, 3.8) is 0 Å². The van der Waals surface area contributed by atoms with Gasteiger partial charge >= 0.3 is 5.97 Å². The molecule has 0 aliphatic carbocycles. The number of fused-ring (bicyclic) bond motifs is 2. The summed E-state index contributed by atoms with van der Waals surface area (Å²) in [6.07, 6.45) is -0.131. The molecule has 30 heavy (non-hydrogen) atoms. The van der Waals surface area contributed by atoms with E-state index >= 15 is 0 Å². The van der Waals surface area contributed by atoms with Crippen molar-refractivity contribution in [3.8, 4) is 6.07 Å². The summed E-state index contributed by atoms with van der Waals surface area (Å²) >= 11 is 0. The zero-order valence-electron chi connectivity index (χ0n) is 16.5. The zero-order chi connectivity index (χ0) is 21.3. The van der Waals surface area contributed by atoms with Crippen molar-refractivity contribution in [1.29, 1.82) is 5.26 Å². The molecule has 8 heteroatoms. The van der Waals surface area contributed by atoms with Crippen molar-refractivity contribution in [1.82, 2.24) is 5.16 Å². The van der Waals surface area contributed by atoms with Crippen molar-refractivity contribution in [2.75, 3.05) is 30.5 Å². The number of carbonyl (C=O) groups is 2. The number of nitrogens with zero attached hydrogens (tertiary/aromatic N) is 4. The van der Waals surface area contributed by atoms with E-state index in [4.69, 9.17) is 9.26 Å². The molecule has 0 radical (unpaired) electrons. The maximum Gasteiger partial charge on any atom is 0.312 e. The van der Waals surface area contributed by atoms with Gasteiger partial charge < -0.3 is 19.1 Å². The van der Waals surface area contributed by atoms with Crippen molar-refractivity contribution < 1.29 is 18.8 Å². The minimum atomic E-state index is -0.624. The molecule has 0 bridgehead atoms. The number of hydrogen-bond donors (Lipinski definition) is 0. The molecule has 0 N–H and O–H groups in total. The van der Waals surface area contributed by atoms with Crippen LogP contribution in [-0.4, -0.2) is 37.6 Å². The first-order valence-corrected chi connectivity index (χ1v) is 9.24. The lowest BCUT2D eigenvalue weighted by molar-refractivity contribution is -0.146. The molecule has 0 fully saturated rings. The van der Waals surface area contributed by atoms with Gasteiger partial charge in [-0.15, -0.1) is 0 Å². The lowest BCUT2D eigenvalue weighted by Crippen LogP contribution is -2.28. The number of nitriles is 1. The Hall–Kier alpha value is -4.12. The fourth-order valence-electron chi connectivity index (χ4n) is 3.53. The molecule has 0 amide bonds. The normalized spacial score (nSPS) is 12.6. The smallest absolute Gasteiger partial charge is 0.312 e. The van der Waals surface area contributed by atoms with E-state index in [1.165, 1.54) is 0 Å². The number of Topliss-reactive ketones (excluding diaryl/α,β-unsaturated/α-hetero) is 1. The predicted octanol–water partition coefficient (Wildman–Crippen LogP) is 2.80. The zero-order valence-corrected chi connectivity index (χ0v) is 16.5. The Morgan fingerprint density at radius 1 is 1.07 bits per heavy atom. The van der Waals surface area contributed by atoms with Crippen LogP contribution in [-0.2, 0) is 20.7 Å². The van der Waals surface area contributed by atoms with E-state index in [1.807, 2.05) is 36.4 Å². The first kappa shape index (κ1) is 19.2. The lowest BCUT2D eigenvalue weighted by atomic mass is 10.1. The van der Waals surface area contributed by atoms with Crippen molar-refractivity contribution >= 4 is 34.1 Å². The summed E-state index contributed by atoms with van der Waals surface area (Å²) in [4.78, 5) is 28.4. The lowest BCUT2D eigenvalue weighted by Gasteiger charge is -2.19. The van der Waals surface area contributed by atoms with Gasteiger partial charge in [0.2, 0.25) is 5.78 Å². The molecule has 1 aromatic heterocycles. The van der Waals surface area contributed by atoms with Crippen LogP contribution in [0.2, 0.25) is 0 Å². The number of rotatable bonds is 5. The molecular formula is C22H18N4O4. The third-order valence-corrected chi connectivity index (χ3v) is 4.98. The maximum absolute atomic E-state index is 12.7. The number of anilines is 2. The van der Waals surface area contributed by atoms with E-state index in [0.29, 0.717) is 22.5 Å². The Bertz CT molecular complexity index is 1190. The van der Waals surface area contributed by atoms with Gasteiger partial charge in [-0.2, -0.15) is 5.26 Å². The number of para-hydroxylation sites is 3. The minimum absolute atomic E-state index is 0.0733. The summed E-state index contributed by atoms with van der Waals surface area (Å²) in [5.41, 5.74) is 2.69. The van der Waals surface area contributed by atoms with Gasteiger partial charge in [0.05, 0.1) is 17.8 Å². The number of carbonyl (C=O) groups excluding carboxylic acids is 2. The molecule has 0 spiro atoms. The minimum Gasteiger partial charge on any atom is -0.457 e. The number of hydrogen-bond acceptors (Lipinski definition) is 8. The first-order chi connectivity index (χ1) is 14.5. The van der Waals surface area contributed by atoms with Crippen LogP contribution >= 0.6 is 0 Å². The summed E-state index contributed by atoms with van der Waals surface area (Å²) in [7, 11) is 3.56. The number of benzene rings is 2. The predicted molar refractivity (Wildman–Crippen MR) is 110 cm³/mol. The van der Waals surface area contributed by atoms with E-state index < -0.39 is 18.4 Å². The van der Waals surface area contributed by atoms with Crippen molar-refractivity contribution in [2.45, 2.75) is 6.42 Å². The molecule has 1 aliphatic heterocycles. The second-order valence-electron chi connectivity index (χ2n) is 6.80. The molecule has 150 valence electrons. The van der Waals surface area contributed by atoms with Gasteiger partial charge in [0, 0.05) is 19.5 Å². The van der Waals surface area contributed by atoms with E-state index in [-0.39, 0.29) is 12.0 Å². The SMILES string of the molecule is CN1C(=C(C#N)C(=O)COC(=O)Cc2noc3ccccc23)N(C)c2ccccc21. The van der Waals surface area contributed by atoms with Crippen LogP contribution < -0.4 is 9.80 Å². The van der Waals surface area contributed by atoms with E-state index in [0.717, 1.165) is 11.4 Å². The van der Waals surface area contributed by atoms with Crippen molar-refractivity contribution in [3.05, 3.63) is 65.6 Å². The quantitative estimate of drug-likeness (QED) is 0.365. The summed E-state index contributed by atoms with van der Waals surface area (Å²) in [6.45, 7) is -0.529. The van der Waals surface area contributed by atoms with Crippen LogP contribution in [0.15, 0.2) is 64.4 Å². The van der Waals surface area contributed by atoms with Gasteiger partial charge in [0.25, 0.3) is 0 Å². The summed E-state index contributed by atoms with van der Waals surface area (Å²) in [5, 5.41) is 14.2. The number of ketones is 1. The molecule has 0 unspecified atom stereocenters. The van der Waals surface area contributed by atoms with E-state index in [2.05, 4.69) is 5.16 Å². The van der Waals surface area contributed by atoms with Crippen LogP contribution in [0.5, 0.6) is 0 Å². The van der Waals surface area contributed by atoms with Crippen LogP contribution in [0.1, 0.15) is 5.69 Å². The molecule has 0 atom stereocenters. The van der Waals surface area contributed by atoms with Gasteiger partial charge in [-0.3, -0.25) is 9.59 Å². The molecule has 1 aliphatic rings. The van der Waals surface area contributed by atoms with Gasteiger partial charge in [0.15, 0.2) is 12.2 Å². The third kappa shape index (κ3) is 3.26. The molecule has 2 heterocycles. The molecule has 3 aromatic rings. The Morgan fingerprint density at radius 2 is 1.70 bits per heavy atom. The third-order valence-electron chi connectivity index (χ3n) is 4.98. The number of aromatic nitrogens is 1. The maximum atomic E-state index is 12.7. The number of esters is 1. The average Bonchev–Trinajstić information content (AvgIpc) is 3.27. The Morgan fingerprint density at radius 3 is 2.37 bits per heavy atom. The Labute approximate surface area is 172 Å². The summed E-state index contributed by atoms with van der Waals surface area (Å²) in [5.74, 6) is -0.749. The van der Waals surface area contributed by atoms with Crippen LogP contribution in [0.3, 0.4) is 0 Å². The van der Waals surface area contributed by atoms with Gasteiger partial charge in [-0.05, 0) is 24.3 Å². The molecule has 0 saturated carbocycles. The summed E-state index contributed by atoms with van der Waals surface area (Å²) in [6, 6.07) is 16.7. The molecular weight excluding hydrogens is 384 g/mol. The second-order valence-corrected chi connectivity index (χ2v) is 6.80. The highest BCUT2D eigenvalue weighted by Crippen LogP contribution is 2.40. The van der Waals surface area contributed by atoms with E-state index in [1.54, 1.807) is 42.1 Å². The highest BCUT2D eigenvalue weighted by molar-refractivity contribution is 6.04. The molecule has 0 saturated heterocycles. The number of ether oxygens (including phenoxy) is 1. The Kier molecular flexibility index (Phi) is 4.94. The molecule has 4 rings (SSSR count). The standard InChI is InChI=1S/C22H18N4O4/c1-25-17-8-4-5-9-18(17)26(2)22(25)15(12-23)19(27)13-29-21(28)11-16-14-7-3-6-10-20(14)30-24-16/h3-10H,11,13H2,1-2H3. The summed E-state index contributed by atoms with van der Waals surface area (Å²) < 4.78 is 10.3. The monoisotopic (exact) mass is 402 g/mol. The van der Waals surface area contributed by atoms with E-state index in [9.17, 15) is 14.9 Å². The Balaban J connectivity index is 1.47. The fourth-order valence-corrected chi connectivity index (χ4v) is 3.53. The first-order valence-electron chi connectivity index (χ1n) is 9.24. The van der Waals surface area contributed by atoms with Gasteiger partial charge in [0.1, 0.15) is 23.2 Å². The average molecular weight is 402 g/mol. The van der Waals surface area contributed by atoms with Crippen molar-refractivity contribution in [2.24, 2.45) is 0 Å². The van der Waals surface area contributed by atoms with Crippen LogP contribution in [0.4, 0.5) is 11.4 Å². The van der Waals surface area contributed by atoms with Crippen LogP contribution in [0.25, 0.3) is 11.0 Å². The highest BCUT2D eigenvalue weighted by atomic mass is 16.5. The second kappa shape index (κ2) is 7.72. The van der Waals surface area contributed by atoms with Gasteiger partial charge in [-0.1, -0.05) is 29.4 Å². The van der Waals surface area contributed by atoms with Crippen LogP contribution in [0, 0.1) is 11.3 Å². The molecule has 8 nitrogen and oxygen atoms in total. The molecule has 2 aromatic carbocycles. The fraction of sp³-hybridized carbons (Fsp3) is 0.182. The largest absolute Gasteiger partial charge is 0.457 e.